The van der Waals surface area contributed by atoms with Crippen LogP contribution < -0.4 is 5.32 Å². The lowest BCUT2D eigenvalue weighted by atomic mass is 9.93. The maximum absolute atomic E-state index is 12.9. The molecule has 1 aromatic heterocycles. The summed E-state index contributed by atoms with van der Waals surface area (Å²) in [6.45, 7) is 5.09. The molecule has 0 saturated carbocycles. The Hall–Kier alpha value is -3.48. The number of carbonyl (C=O) groups excluding carboxylic acids is 4. The van der Waals surface area contributed by atoms with E-state index in [1.807, 2.05) is 19.9 Å². The number of nitrogens with zero attached hydrogens (tertiary/aromatic N) is 1. The number of carbonyl (C=O) groups is 4. The maximum Gasteiger partial charge on any atom is 0.259 e. The summed E-state index contributed by atoms with van der Waals surface area (Å²) in [5, 5.41) is 3.93. The van der Waals surface area contributed by atoms with Crippen molar-refractivity contribution in [2.24, 2.45) is 0 Å². The number of hydrogen-bond donors (Lipinski definition) is 2. The smallest absolute Gasteiger partial charge is 0.259 e. The van der Waals surface area contributed by atoms with E-state index in [4.69, 9.17) is 0 Å². The van der Waals surface area contributed by atoms with Crippen LogP contribution in [0.1, 0.15) is 75.3 Å². The van der Waals surface area contributed by atoms with Crippen LogP contribution in [0, 0.1) is 0 Å². The number of nitrogens with one attached hydrogen (secondary N) is 2. The van der Waals surface area contributed by atoms with Gasteiger partial charge in [-0.05, 0) is 62.4 Å². The molecule has 3 amide bonds. The van der Waals surface area contributed by atoms with Crippen molar-refractivity contribution >= 4 is 45.3 Å². The van der Waals surface area contributed by atoms with Crippen LogP contribution in [-0.2, 0) is 17.6 Å². The topological polar surface area (TPSA) is 99.3 Å². The molecule has 0 saturated heterocycles. The summed E-state index contributed by atoms with van der Waals surface area (Å²) < 4.78 is 0. The van der Waals surface area contributed by atoms with E-state index in [9.17, 15) is 19.2 Å². The number of rotatable bonds is 6. The molecule has 0 bridgehead atoms. The molecule has 2 heterocycles. The van der Waals surface area contributed by atoms with Gasteiger partial charge in [0.15, 0.2) is 5.78 Å². The Kier molecular flexibility index (Phi) is 4.84. The molecule has 0 radical (unpaired) electrons. The van der Waals surface area contributed by atoms with Gasteiger partial charge in [0.25, 0.3) is 11.8 Å². The summed E-state index contributed by atoms with van der Waals surface area (Å²) in [7, 11) is 0. The van der Waals surface area contributed by atoms with Crippen LogP contribution in [0.3, 0.4) is 0 Å². The highest BCUT2D eigenvalue weighted by atomic mass is 16.2. The lowest BCUT2D eigenvalue weighted by Gasteiger charge is -2.18. The summed E-state index contributed by atoms with van der Waals surface area (Å²) in [6, 6.07) is 5.39. The minimum Gasteiger partial charge on any atom is -0.354 e. The van der Waals surface area contributed by atoms with Crippen molar-refractivity contribution in [2.45, 2.75) is 46.0 Å². The lowest BCUT2D eigenvalue weighted by molar-refractivity contribution is -0.130. The van der Waals surface area contributed by atoms with Crippen molar-refractivity contribution in [3.8, 4) is 0 Å². The molecule has 0 spiro atoms. The average Bonchev–Trinajstić information content (AvgIpc) is 3.47. The first-order valence-electron chi connectivity index (χ1n) is 11.2. The first kappa shape index (κ1) is 20.4. The molecule has 1 aliphatic heterocycles. The van der Waals surface area contributed by atoms with Gasteiger partial charge in [-0.1, -0.05) is 0 Å². The molecule has 3 aromatic rings. The van der Waals surface area contributed by atoms with Gasteiger partial charge in [-0.2, -0.15) is 0 Å². The van der Waals surface area contributed by atoms with Gasteiger partial charge in [-0.25, -0.2) is 0 Å². The molecule has 2 aromatic carbocycles. The van der Waals surface area contributed by atoms with Crippen LogP contribution in [0.25, 0.3) is 21.8 Å². The molecule has 164 valence electrons. The van der Waals surface area contributed by atoms with E-state index in [2.05, 4.69) is 10.3 Å². The SMILES string of the molecule is CCN(CC)C(=O)CCC(=O)c1ccc2[nH]c3c4c(c5c(c3c2c1)C(=O)NC5=O)CCC4. The fourth-order valence-corrected chi connectivity index (χ4v) is 5.23. The van der Waals surface area contributed by atoms with Gasteiger partial charge in [0, 0.05) is 47.8 Å². The lowest BCUT2D eigenvalue weighted by Crippen LogP contribution is -2.30. The van der Waals surface area contributed by atoms with E-state index in [0.29, 0.717) is 35.2 Å². The first-order valence-corrected chi connectivity index (χ1v) is 11.2. The molecule has 5 rings (SSSR count). The second-order valence-corrected chi connectivity index (χ2v) is 8.47. The number of aryl methyl sites for hydroxylation is 1. The van der Waals surface area contributed by atoms with Crippen LogP contribution >= 0.6 is 0 Å². The summed E-state index contributed by atoms with van der Waals surface area (Å²) in [5.74, 6) is -0.853. The molecule has 1 aliphatic carbocycles. The Morgan fingerprint density at radius 3 is 2.44 bits per heavy atom. The van der Waals surface area contributed by atoms with Crippen molar-refractivity contribution in [3.63, 3.8) is 0 Å². The molecule has 2 N–H and O–H groups in total. The third kappa shape index (κ3) is 2.95. The molecular formula is C25H25N3O4. The highest BCUT2D eigenvalue weighted by molar-refractivity contribution is 6.31. The van der Waals surface area contributed by atoms with Crippen molar-refractivity contribution in [1.82, 2.24) is 15.2 Å². The number of amides is 3. The van der Waals surface area contributed by atoms with Gasteiger partial charge >= 0.3 is 0 Å². The van der Waals surface area contributed by atoms with E-state index in [1.165, 1.54) is 0 Å². The van der Waals surface area contributed by atoms with Crippen LogP contribution in [0.15, 0.2) is 18.2 Å². The standard InChI is InChI=1S/C25H25N3O4/c1-3-28(4-2)19(30)11-10-18(29)13-8-9-17-16(12-13)20-22-21(24(31)27-25(22)32)14-6-5-7-15(14)23(20)26-17/h8-9,12,26H,3-7,10-11H2,1-2H3,(H,27,31,32). The first-order chi connectivity index (χ1) is 15.4. The van der Waals surface area contributed by atoms with Gasteiger partial charge in [0.05, 0.1) is 16.6 Å². The zero-order valence-corrected chi connectivity index (χ0v) is 18.3. The summed E-state index contributed by atoms with van der Waals surface area (Å²) in [4.78, 5) is 55.5. The largest absolute Gasteiger partial charge is 0.354 e. The van der Waals surface area contributed by atoms with Crippen LogP contribution in [-0.4, -0.2) is 46.5 Å². The second kappa shape index (κ2) is 7.58. The number of aromatic nitrogens is 1. The fourth-order valence-electron chi connectivity index (χ4n) is 5.23. The van der Waals surface area contributed by atoms with Crippen LogP contribution in [0.2, 0.25) is 0 Å². The number of hydrogen-bond acceptors (Lipinski definition) is 4. The van der Waals surface area contributed by atoms with Crippen molar-refractivity contribution in [1.29, 1.82) is 0 Å². The number of H-pyrrole nitrogens is 1. The maximum atomic E-state index is 12.9. The fraction of sp³-hybridized carbons (Fsp3) is 0.360. The quantitative estimate of drug-likeness (QED) is 0.461. The van der Waals surface area contributed by atoms with Gasteiger partial charge in [0.2, 0.25) is 5.91 Å². The van der Waals surface area contributed by atoms with Gasteiger partial charge < -0.3 is 9.88 Å². The molecule has 0 atom stereocenters. The molecule has 2 aliphatic rings. The highest BCUT2D eigenvalue weighted by Gasteiger charge is 2.36. The van der Waals surface area contributed by atoms with Crippen molar-refractivity contribution in [3.05, 3.63) is 46.0 Å². The third-order valence-corrected chi connectivity index (χ3v) is 6.81. The Labute approximate surface area is 185 Å². The Morgan fingerprint density at radius 1 is 0.969 bits per heavy atom. The second-order valence-electron chi connectivity index (χ2n) is 8.47. The van der Waals surface area contributed by atoms with E-state index in [1.54, 1.807) is 17.0 Å². The zero-order chi connectivity index (χ0) is 22.6. The minimum absolute atomic E-state index is 0.0277. The summed E-state index contributed by atoms with van der Waals surface area (Å²) in [6.07, 6.45) is 2.89. The third-order valence-electron chi connectivity index (χ3n) is 6.81. The molecule has 0 fully saturated rings. The Balaban J connectivity index is 1.58. The number of imide groups is 1. The minimum atomic E-state index is -0.382. The molecular weight excluding hydrogens is 406 g/mol. The molecule has 0 unspecified atom stereocenters. The summed E-state index contributed by atoms with van der Waals surface area (Å²) in [5.41, 5.74) is 5.19. The van der Waals surface area contributed by atoms with E-state index in [-0.39, 0.29) is 36.3 Å². The van der Waals surface area contributed by atoms with E-state index in [0.717, 1.165) is 46.8 Å². The number of fused-ring (bicyclic) bond motifs is 8. The number of ketones is 1. The van der Waals surface area contributed by atoms with Crippen molar-refractivity contribution in [2.75, 3.05) is 13.1 Å². The van der Waals surface area contributed by atoms with Gasteiger partial charge in [-0.3, -0.25) is 24.5 Å². The van der Waals surface area contributed by atoms with Crippen LogP contribution in [0.4, 0.5) is 0 Å². The number of benzene rings is 2. The average molecular weight is 431 g/mol. The number of Topliss-reactive ketones (excluding diaryl/α,β-unsaturated/α-hetero) is 1. The van der Waals surface area contributed by atoms with Crippen molar-refractivity contribution < 1.29 is 19.2 Å². The normalized spacial score (nSPS) is 14.7. The van der Waals surface area contributed by atoms with Gasteiger partial charge in [-0.15, -0.1) is 0 Å². The van der Waals surface area contributed by atoms with E-state index >= 15 is 0 Å². The van der Waals surface area contributed by atoms with Gasteiger partial charge in [0.1, 0.15) is 0 Å². The molecule has 7 nitrogen and oxygen atoms in total. The Bertz CT molecular complexity index is 1330. The number of aromatic amines is 1. The molecule has 32 heavy (non-hydrogen) atoms. The monoisotopic (exact) mass is 431 g/mol. The van der Waals surface area contributed by atoms with Crippen LogP contribution in [0.5, 0.6) is 0 Å². The Morgan fingerprint density at radius 2 is 1.69 bits per heavy atom. The summed E-state index contributed by atoms with van der Waals surface area (Å²) >= 11 is 0. The predicted octanol–water partition coefficient (Wildman–Crippen LogP) is 3.52. The molecule has 7 heteroatoms. The highest BCUT2D eigenvalue weighted by Crippen LogP contribution is 2.41. The zero-order valence-electron chi connectivity index (χ0n) is 18.3. The van der Waals surface area contributed by atoms with E-state index < -0.39 is 0 Å². The predicted molar refractivity (Wildman–Crippen MR) is 121 cm³/mol.